The van der Waals surface area contributed by atoms with Crippen molar-refractivity contribution >= 4 is 5.97 Å². The van der Waals surface area contributed by atoms with Gasteiger partial charge in [-0.15, -0.1) is 0 Å². The number of phenols is 1. The minimum absolute atomic E-state index is 0.113. The maximum Gasteiger partial charge on any atom is 0.347 e. The second-order valence-electron chi connectivity index (χ2n) is 6.11. The number of aliphatic carboxylic acids is 1. The predicted octanol–water partition coefficient (Wildman–Crippen LogP) is 3.14. The Morgan fingerprint density at radius 3 is 2.33 bits per heavy atom. The Morgan fingerprint density at radius 1 is 1.12 bits per heavy atom. The first-order chi connectivity index (χ1) is 11.4. The van der Waals surface area contributed by atoms with Gasteiger partial charge in [0.15, 0.2) is 0 Å². The standard InChI is InChI=1S/C19H23NO4/c1-19(18(22)23,24-17-10-8-16(21)9-11-17)12-13-20(2)14-15-6-4-3-5-7-15/h3-11,21H,12-14H2,1-2H3,(H,22,23). The number of carboxylic acids is 1. The van der Waals surface area contributed by atoms with E-state index in [0.717, 1.165) is 6.54 Å². The number of carbonyl (C=O) groups is 1. The highest BCUT2D eigenvalue weighted by Crippen LogP contribution is 2.24. The lowest BCUT2D eigenvalue weighted by Crippen LogP contribution is -2.44. The molecule has 0 saturated heterocycles. The van der Waals surface area contributed by atoms with Gasteiger partial charge in [0.25, 0.3) is 0 Å². The Labute approximate surface area is 142 Å². The molecule has 5 nitrogen and oxygen atoms in total. The molecular weight excluding hydrogens is 306 g/mol. The van der Waals surface area contributed by atoms with E-state index in [0.29, 0.717) is 18.7 Å². The lowest BCUT2D eigenvalue weighted by molar-refractivity contribution is -0.154. The van der Waals surface area contributed by atoms with Crippen molar-refractivity contribution in [2.75, 3.05) is 13.6 Å². The van der Waals surface area contributed by atoms with Crippen molar-refractivity contribution in [1.29, 1.82) is 0 Å². The van der Waals surface area contributed by atoms with Gasteiger partial charge in [0, 0.05) is 19.5 Å². The number of phenolic OH excluding ortho intramolecular Hbond substituents is 1. The van der Waals surface area contributed by atoms with Gasteiger partial charge in [-0.3, -0.25) is 0 Å². The summed E-state index contributed by atoms with van der Waals surface area (Å²) < 4.78 is 5.68. The van der Waals surface area contributed by atoms with Crippen LogP contribution < -0.4 is 4.74 Å². The van der Waals surface area contributed by atoms with Crippen LogP contribution in [0, 0.1) is 0 Å². The van der Waals surface area contributed by atoms with Crippen LogP contribution in [0.4, 0.5) is 0 Å². The third-order valence-corrected chi connectivity index (χ3v) is 3.90. The maximum absolute atomic E-state index is 11.7. The zero-order chi connectivity index (χ0) is 17.6. The summed E-state index contributed by atoms with van der Waals surface area (Å²) in [6.45, 7) is 2.89. The van der Waals surface area contributed by atoms with Crippen LogP contribution in [0.25, 0.3) is 0 Å². The molecule has 0 saturated carbocycles. The van der Waals surface area contributed by atoms with E-state index in [1.165, 1.54) is 17.7 Å². The summed E-state index contributed by atoms with van der Waals surface area (Å²) in [4.78, 5) is 13.7. The van der Waals surface area contributed by atoms with E-state index in [4.69, 9.17) is 4.74 Å². The zero-order valence-corrected chi connectivity index (χ0v) is 14.0. The molecule has 0 aliphatic rings. The number of aromatic hydroxyl groups is 1. The molecule has 0 bridgehead atoms. The fourth-order valence-electron chi connectivity index (χ4n) is 2.35. The van der Waals surface area contributed by atoms with Gasteiger partial charge in [0.05, 0.1) is 0 Å². The normalized spacial score (nSPS) is 13.5. The Hall–Kier alpha value is -2.53. The van der Waals surface area contributed by atoms with Crippen molar-refractivity contribution in [2.24, 2.45) is 0 Å². The van der Waals surface area contributed by atoms with Crippen molar-refractivity contribution in [3.05, 3.63) is 60.2 Å². The minimum atomic E-state index is -1.33. The smallest absolute Gasteiger partial charge is 0.347 e. The average Bonchev–Trinajstić information content (AvgIpc) is 2.56. The molecule has 24 heavy (non-hydrogen) atoms. The van der Waals surface area contributed by atoms with E-state index in [1.807, 2.05) is 37.4 Å². The van der Waals surface area contributed by atoms with Gasteiger partial charge in [-0.25, -0.2) is 4.79 Å². The molecule has 1 unspecified atom stereocenters. The third-order valence-electron chi connectivity index (χ3n) is 3.90. The lowest BCUT2D eigenvalue weighted by Gasteiger charge is -2.28. The number of nitrogens with zero attached hydrogens (tertiary/aromatic N) is 1. The van der Waals surface area contributed by atoms with E-state index >= 15 is 0 Å². The van der Waals surface area contributed by atoms with Crippen LogP contribution in [-0.2, 0) is 11.3 Å². The molecule has 2 aromatic rings. The molecule has 128 valence electrons. The summed E-state index contributed by atoms with van der Waals surface area (Å²) in [6, 6.07) is 16.1. The number of ether oxygens (including phenoxy) is 1. The van der Waals surface area contributed by atoms with Crippen LogP contribution in [0.2, 0.25) is 0 Å². The molecular formula is C19H23NO4. The van der Waals surface area contributed by atoms with Crippen LogP contribution in [0.15, 0.2) is 54.6 Å². The van der Waals surface area contributed by atoms with Crippen molar-refractivity contribution in [3.8, 4) is 11.5 Å². The number of rotatable bonds is 8. The topological polar surface area (TPSA) is 70.0 Å². The summed E-state index contributed by atoms with van der Waals surface area (Å²) in [5, 5.41) is 18.9. The van der Waals surface area contributed by atoms with Gasteiger partial charge in [-0.05, 0) is 43.8 Å². The number of hydrogen-bond acceptors (Lipinski definition) is 4. The van der Waals surface area contributed by atoms with Crippen LogP contribution in [0.5, 0.6) is 11.5 Å². The van der Waals surface area contributed by atoms with Crippen LogP contribution in [0.3, 0.4) is 0 Å². The monoisotopic (exact) mass is 329 g/mol. The Kier molecular flexibility index (Phi) is 5.82. The van der Waals surface area contributed by atoms with Gasteiger partial charge in [0.2, 0.25) is 5.60 Å². The SMILES string of the molecule is CN(CCC(C)(Oc1ccc(O)cc1)C(=O)O)Cc1ccccc1. The number of benzene rings is 2. The molecule has 0 fully saturated rings. The summed E-state index contributed by atoms with van der Waals surface area (Å²) in [7, 11) is 1.95. The van der Waals surface area contributed by atoms with E-state index in [2.05, 4.69) is 4.90 Å². The molecule has 0 aliphatic carbocycles. The number of carboxylic acid groups (broad SMARTS) is 1. The first-order valence-corrected chi connectivity index (χ1v) is 7.83. The average molecular weight is 329 g/mol. The number of hydrogen-bond donors (Lipinski definition) is 2. The summed E-state index contributed by atoms with van der Waals surface area (Å²) in [5.74, 6) is -0.478. The molecule has 0 spiro atoms. The van der Waals surface area contributed by atoms with E-state index in [1.54, 1.807) is 19.1 Å². The Morgan fingerprint density at radius 2 is 1.75 bits per heavy atom. The van der Waals surface area contributed by atoms with Gasteiger partial charge in [-0.1, -0.05) is 30.3 Å². The highest BCUT2D eigenvalue weighted by atomic mass is 16.5. The first-order valence-electron chi connectivity index (χ1n) is 7.83. The quantitative estimate of drug-likeness (QED) is 0.778. The molecule has 0 aliphatic heterocycles. The molecule has 0 heterocycles. The van der Waals surface area contributed by atoms with Crippen LogP contribution in [-0.4, -0.2) is 40.3 Å². The molecule has 1 atom stereocenters. The van der Waals surface area contributed by atoms with E-state index in [-0.39, 0.29) is 5.75 Å². The van der Waals surface area contributed by atoms with Crippen LogP contribution >= 0.6 is 0 Å². The molecule has 0 amide bonds. The van der Waals surface area contributed by atoms with Gasteiger partial charge < -0.3 is 19.8 Å². The molecule has 0 aromatic heterocycles. The minimum Gasteiger partial charge on any atom is -0.508 e. The molecule has 2 N–H and O–H groups in total. The van der Waals surface area contributed by atoms with E-state index in [9.17, 15) is 15.0 Å². The van der Waals surface area contributed by atoms with Gasteiger partial charge >= 0.3 is 5.97 Å². The molecule has 0 radical (unpaired) electrons. The maximum atomic E-state index is 11.7. The summed E-state index contributed by atoms with van der Waals surface area (Å²) in [5.41, 5.74) is -0.154. The molecule has 2 rings (SSSR count). The molecule has 2 aromatic carbocycles. The Balaban J connectivity index is 1.97. The van der Waals surface area contributed by atoms with Crippen molar-refractivity contribution in [3.63, 3.8) is 0 Å². The lowest BCUT2D eigenvalue weighted by atomic mass is 10.0. The highest BCUT2D eigenvalue weighted by Gasteiger charge is 2.35. The summed E-state index contributed by atoms with van der Waals surface area (Å²) in [6.07, 6.45) is 0.340. The van der Waals surface area contributed by atoms with Crippen LogP contribution in [0.1, 0.15) is 18.9 Å². The third kappa shape index (κ3) is 4.99. The Bertz CT molecular complexity index is 657. The fraction of sp³-hybridized carbons (Fsp3) is 0.316. The largest absolute Gasteiger partial charge is 0.508 e. The van der Waals surface area contributed by atoms with Crippen molar-refractivity contribution < 1.29 is 19.7 Å². The van der Waals surface area contributed by atoms with Crippen molar-refractivity contribution in [2.45, 2.75) is 25.5 Å². The van der Waals surface area contributed by atoms with Gasteiger partial charge in [-0.2, -0.15) is 0 Å². The second kappa shape index (κ2) is 7.84. The molecule has 5 heteroatoms. The zero-order valence-electron chi connectivity index (χ0n) is 14.0. The summed E-state index contributed by atoms with van der Waals surface area (Å²) >= 11 is 0. The van der Waals surface area contributed by atoms with E-state index < -0.39 is 11.6 Å². The van der Waals surface area contributed by atoms with Gasteiger partial charge in [0.1, 0.15) is 11.5 Å². The van der Waals surface area contributed by atoms with Crippen molar-refractivity contribution in [1.82, 2.24) is 4.90 Å². The predicted molar refractivity (Wildman–Crippen MR) is 92.2 cm³/mol. The fourth-order valence-corrected chi connectivity index (χ4v) is 2.35. The second-order valence-corrected chi connectivity index (χ2v) is 6.11. The highest BCUT2D eigenvalue weighted by molar-refractivity contribution is 5.77. The first kappa shape index (κ1) is 17.8.